The molecule has 0 N–H and O–H groups in total. The van der Waals surface area contributed by atoms with E-state index in [1.165, 1.54) is 22.5 Å². The molecule has 2 rings (SSSR count). The zero-order chi connectivity index (χ0) is 13.5. The topological polar surface area (TPSA) is 26.3 Å². The van der Waals surface area contributed by atoms with Crippen LogP contribution in [0.15, 0.2) is 59.5 Å². The average molecular weight is 291 g/mol. The van der Waals surface area contributed by atoms with E-state index in [-0.39, 0.29) is 0 Å². The van der Waals surface area contributed by atoms with Gasteiger partial charge in [-0.1, -0.05) is 48.5 Å². The lowest BCUT2D eigenvalue weighted by Gasteiger charge is -2.04. The molecule has 2 aromatic rings. The van der Waals surface area contributed by atoms with Crippen molar-refractivity contribution in [2.24, 2.45) is 0 Å². The molecule has 0 aliphatic carbocycles. The Balaban J connectivity index is 2.14. The van der Waals surface area contributed by atoms with E-state index in [1.807, 2.05) is 43.3 Å². The van der Waals surface area contributed by atoms with Crippen LogP contribution in [0.1, 0.15) is 18.1 Å². The summed E-state index contributed by atoms with van der Waals surface area (Å²) < 4.78 is 16.8. The van der Waals surface area contributed by atoms with Gasteiger partial charge in [0.15, 0.2) is 11.4 Å². The molecule has 0 heterocycles. The average Bonchev–Trinajstić information content (AvgIpc) is 2.42. The number of hydrogen-bond donors (Lipinski definition) is 0. The fraction of sp³-hybridized carbons (Fsp3) is 0.200. The first kappa shape index (κ1) is 14.3. The standard InChI is InChI=1S/C15H16O2PS/c1-2-17-18(16)19-15-11-7-6-10-14(15)12-13-8-4-3-5-9-13/h3-11H,2,12H2,1H3/q+1. The molecule has 0 spiro atoms. The van der Waals surface area contributed by atoms with Crippen LogP contribution in [0.5, 0.6) is 0 Å². The Morgan fingerprint density at radius 2 is 1.74 bits per heavy atom. The van der Waals surface area contributed by atoms with E-state index >= 15 is 0 Å². The highest BCUT2D eigenvalue weighted by Gasteiger charge is 2.22. The Bertz CT molecular complexity index is 543. The molecule has 2 nitrogen and oxygen atoms in total. The molecule has 0 aliphatic rings. The van der Waals surface area contributed by atoms with Crippen molar-refractivity contribution in [3.8, 4) is 0 Å². The van der Waals surface area contributed by atoms with Crippen LogP contribution in [0.4, 0.5) is 0 Å². The summed E-state index contributed by atoms with van der Waals surface area (Å²) in [5.74, 6) is 0. The molecular formula is C15H16O2PS+. The predicted octanol–water partition coefficient (Wildman–Crippen LogP) is 5.06. The smallest absolute Gasteiger partial charge is 0.136 e. The van der Waals surface area contributed by atoms with Crippen molar-refractivity contribution in [3.05, 3.63) is 65.7 Å². The van der Waals surface area contributed by atoms with Gasteiger partial charge >= 0.3 is 7.23 Å². The van der Waals surface area contributed by atoms with Crippen molar-refractivity contribution in [2.75, 3.05) is 6.61 Å². The highest BCUT2D eigenvalue weighted by molar-refractivity contribution is 8.50. The quantitative estimate of drug-likeness (QED) is 0.695. The van der Waals surface area contributed by atoms with Crippen molar-refractivity contribution in [1.82, 2.24) is 0 Å². The zero-order valence-corrected chi connectivity index (χ0v) is 12.5. The van der Waals surface area contributed by atoms with Crippen molar-refractivity contribution < 1.29 is 9.09 Å². The summed E-state index contributed by atoms with van der Waals surface area (Å²) >= 11 is 1.30. The van der Waals surface area contributed by atoms with Crippen LogP contribution in [0.2, 0.25) is 0 Å². The Morgan fingerprint density at radius 3 is 2.47 bits per heavy atom. The van der Waals surface area contributed by atoms with Crippen LogP contribution < -0.4 is 0 Å². The number of rotatable bonds is 6. The molecule has 0 fully saturated rings. The number of hydrogen-bond acceptors (Lipinski definition) is 3. The van der Waals surface area contributed by atoms with Gasteiger partial charge in [-0.3, -0.25) is 0 Å². The van der Waals surface area contributed by atoms with Gasteiger partial charge in [0, 0.05) is 0 Å². The molecule has 19 heavy (non-hydrogen) atoms. The molecule has 0 bridgehead atoms. The molecule has 98 valence electrons. The summed E-state index contributed by atoms with van der Waals surface area (Å²) in [6.45, 7) is 2.33. The van der Waals surface area contributed by atoms with Crippen molar-refractivity contribution >= 4 is 18.6 Å². The van der Waals surface area contributed by atoms with E-state index in [0.29, 0.717) is 6.61 Å². The maximum absolute atomic E-state index is 11.7. The monoisotopic (exact) mass is 291 g/mol. The van der Waals surface area contributed by atoms with Gasteiger partial charge in [-0.05, 0) is 35.1 Å². The fourth-order valence-electron chi connectivity index (χ4n) is 1.77. The maximum Gasteiger partial charge on any atom is 0.590 e. The molecule has 0 radical (unpaired) electrons. The molecule has 4 heteroatoms. The predicted molar refractivity (Wildman–Crippen MR) is 80.8 cm³/mol. The summed E-state index contributed by atoms with van der Waals surface area (Å²) in [7, 11) is -1.68. The Labute approximate surface area is 118 Å². The summed E-state index contributed by atoms with van der Waals surface area (Å²) in [6.07, 6.45) is 0.847. The lowest BCUT2D eigenvalue weighted by Crippen LogP contribution is -1.90. The molecule has 0 amide bonds. The van der Waals surface area contributed by atoms with E-state index in [1.54, 1.807) is 0 Å². The lowest BCUT2D eigenvalue weighted by molar-refractivity contribution is 0.361. The van der Waals surface area contributed by atoms with Crippen LogP contribution in [-0.2, 0) is 15.5 Å². The van der Waals surface area contributed by atoms with Crippen LogP contribution >= 0.6 is 18.6 Å². The van der Waals surface area contributed by atoms with Gasteiger partial charge in [0.25, 0.3) is 0 Å². The molecular weight excluding hydrogens is 275 g/mol. The van der Waals surface area contributed by atoms with Crippen LogP contribution in [0.25, 0.3) is 0 Å². The molecule has 1 unspecified atom stereocenters. The minimum Gasteiger partial charge on any atom is -0.136 e. The maximum atomic E-state index is 11.7. The third-order valence-corrected chi connectivity index (χ3v) is 5.18. The van der Waals surface area contributed by atoms with Crippen molar-refractivity contribution in [2.45, 2.75) is 18.2 Å². The van der Waals surface area contributed by atoms with Gasteiger partial charge in [-0.15, -0.1) is 4.52 Å². The minimum absolute atomic E-state index is 0.475. The van der Waals surface area contributed by atoms with Gasteiger partial charge in [0.05, 0.1) is 4.90 Å². The summed E-state index contributed by atoms with van der Waals surface area (Å²) in [5.41, 5.74) is 2.43. The van der Waals surface area contributed by atoms with E-state index in [0.717, 1.165) is 11.3 Å². The molecule has 0 saturated heterocycles. The third-order valence-electron chi connectivity index (χ3n) is 2.62. The molecule has 2 aromatic carbocycles. The minimum atomic E-state index is -1.68. The molecule has 0 aliphatic heterocycles. The van der Waals surface area contributed by atoms with Crippen LogP contribution in [0.3, 0.4) is 0 Å². The van der Waals surface area contributed by atoms with Gasteiger partial charge in [-0.2, -0.15) is 0 Å². The van der Waals surface area contributed by atoms with Gasteiger partial charge in [0.1, 0.15) is 6.61 Å². The largest absolute Gasteiger partial charge is 0.590 e. The Morgan fingerprint density at radius 1 is 1.05 bits per heavy atom. The first-order valence-corrected chi connectivity index (χ1v) is 8.79. The molecule has 0 aromatic heterocycles. The van der Waals surface area contributed by atoms with E-state index in [4.69, 9.17) is 4.52 Å². The molecule has 0 saturated carbocycles. The second-order valence-corrected chi connectivity index (χ2v) is 6.77. The lowest BCUT2D eigenvalue weighted by atomic mass is 10.1. The first-order valence-electron chi connectivity index (χ1n) is 6.19. The van der Waals surface area contributed by atoms with Crippen molar-refractivity contribution in [1.29, 1.82) is 0 Å². The Kier molecular flexibility index (Phi) is 5.59. The number of benzene rings is 2. The van der Waals surface area contributed by atoms with Gasteiger partial charge in [-0.25, -0.2) is 0 Å². The Hall–Kier alpha value is -1.15. The van der Waals surface area contributed by atoms with Gasteiger partial charge in [0.2, 0.25) is 0 Å². The first-order chi connectivity index (χ1) is 9.29. The second kappa shape index (κ2) is 7.44. The van der Waals surface area contributed by atoms with E-state index in [2.05, 4.69) is 18.2 Å². The van der Waals surface area contributed by atoms with Crippen LogP contribution in [0, 0.1) is 0 Å². The highest BCUT2D eigenvalue weighted by atomic mass is 32.7. The zero-order valence-electron chi connectivity index (χ0n) is 10.8. The summed E-state index contributed by atoms with van der Waals surface area (Å²) in [6, 6.07) is 18.3. The summed E-state index contributed by atoms with van der Waals surface area (Å²) in [4.78, 5) is 1.03. The fourth-order valence-corrected chi connectivity index (χ4v) is 4.08. The SMILES string of the molecule is CCO[P+](=O)Sc1ccccc1Cc1ccccc1. The van der Waals surface area contributed by atoms with E-state index < -0.39 is 7.23 Å². The van der Waals surface area contributed by atoms with Crippen molar-refractivity contribution in [3.63, 3.8) is 0 Å². The summed E-state index contributed by atoms with van der Waals surface area (Å²) in [5, 5.41) is 0. The second-order valence-electron chi connectivity index (χ2n) is 4.00. The normalized spacial score (nSPS) is 11.3. The van der Waals surface area contributed by atoms with Crippen LogP contribution in [-0.4, -0.2) is 6.61 Å². The van der Waals surface area contributed by atoms with Gasteiger partial charge < -0.3 is 0 Å². The highest BCUT2D eigenvalue weighted by Crippen LogP contribution is 2.45. The van der Waals surface area contributed by atoms with E-state index in [9.17, 15) is 4.57 Å². The molecule has 1 atom stereocenters. The third kappa shape index (κ3) is 4.46.